The molecule has 0 bridgehead atoms. The number of ether oxygens (including phenoxy) is 1. The summed E-state index contributed by atoms with van der Waals surface area (Å²) in [7, 11) is 0. The van der Waals surface area contributed by atoms with Crippen molar-refractivity contribution in [1.82, 2.24) is 0 Å². The fourth-order valence-electron chi connectivity index (χ4n) is 3.28. The lowest BCUT2D eigenvalue weighted by molar-refractivity contribution is -0.150. The maximum Gasteiger partial charge on any atom is 0.306 e. The number of esters is 1. The molecule has 0 aromatic heterocycles. The van der Waals surface area contributed by atoms with Crippen LogP contribution in [-0.2, 0) is 9.53 Å². The molecule has 144 valence electrons. The van der Waals surface area contributed by atoms with Gasteiger partial charge in [0, 0.05) is 18.8 Å². The van der Waals surface area contributed by atoms with Crippen molar-refractivity contribution in [3.8, 4) is 0 Å². The van der Waals surface area contributed by atoms with Gasteiger partial charge in [0.15, 0.2) is 0 Å². The fourth-order valence-corrected chi connectivity index (χ4v) is 3.28. The lowest BCUT2D eigenvalue weighted by Gasteiger charge is -2.19. The van der Waals surface area contributed by atoms with E-state index in [2.05, 4.69) is 25.2 Å². The molecule has 1 saturated carbocycles. The van der Waals surface area contributed by atoms with Crippen LogP contribution in [0.25, 0.3) is 0 Å². The van der Waals surface area contributed by atoms with Crippen molar-refractivity contribution in [2.45, 2.75) is 70.2 Å². The third-order valence-electron chi connectivity index (χ3n) is 4.89. The van der Waals surface area contributed by atoms with Gasteiger partial charge in [-0.1, -0.05) is 55.5 Å². The number of aliphatic hydroxyl groups excluding tert-OH is 2. The number of aliphatic hydroxyl groups is 2. The summed E-state index contributed by atoms with van der Waals surface area (Å²) in [5.74, 6) is 0.175. The Morgan fingerprint density at radius 1 is 1.19 bits per heavy atom. The predicted octanol–water partition coefficient (Wildman–Crippen LogP) is 3.86. The molecule has 0 unspecified atom stereocenters. The molecular weight excluding hydrogens is 328 g/mol. The average Bonchev–Trinajstić information content (AvgIpc) is 3.39. The molecule has 0 spiro atoms. The topological polar surface area (TPSA) is 66.8 Å². The molecule has 1 fully saturated rings. The molecule has 4 nitrogen and oxygen atoms in total. The molecule has 0 radical (unpaired) electrons. The number of allylic oxidation sites excluding steroid dienone is 4. The standard InChI is InChI=1S/C22H32O4/c1-2-3-4-5-6-8-11-17(23)14-15-20(24)18-16-19(18)21-12-9-7-10-13-22(25)26-21/h3-4,6-9,14-15,17-21,23-24H,2,5,10-13,16H2,1H3/b4-3-,8-6-,9-7?,15-14+/t17-,18+,19+,20-,21+/m0/s1. The fraction of sp³-hybridized carbons (Fsp3) is 0.591. The van der Waals surface area contributed by atoms with Crippen molar-refractivity contribution in [2.75, 3.05) is 0 Å². The Hall–Kier alpha value is -1.65. The first-order chi connectivity index (χ1) is 12.6. The Kier molecular flexibility index (Phi) is 8.86. The molecule has 5 atom stereocenters. The van der Waals surface area contributed by atoms with Crippen LogP contribution in [0.3, 0.4) is 0 Å². The molecule has 1 aliphatic heterocycles. The van der Waals surface area contributed by atoms with Crippen molar-refractivity contribution in [2.24, 2.45) is 11.8 Å². The van der Waals surface area contributed by atoms with Crippen molar-refractivity contribution >= 4 is 5.97 Å². The van der Waals surface area contributed by atoms with Crippen LogP contribution in [-0.4, -0.2) is 34.5 Å². The minimum atomic E-state index is -0.598. The molecule has 2 N–H and O–H groups in total. The van der Waals surface area contributed by atoms with E-state index in [9.17, 15) is 15.0 Å². The molecule has 2 rings (SSSR count). The zero-order valence-electron chi connectivity index (χ0n) is 15.7. The highest BCUT2D eigenvalue weighted by Gasteiger charge is 2.47. The maximum atomic E-state index is 11.7. The van der Waals surface area contributed by atoms with E-state index < -0.39 is 12.2 Å². The van der Waals surface area contributed by atoms with E-state index in [4.69, 9.17) is 4.74 Å². The minimum Gasteiger partial charge on any atom is -0.462 e. The molecular formula is C22H32O4. The van der Waals surface area contributed by atoms with Gasteiger partial charge in [-0.2, -0.15) is 0 Å². The van der Waals surface area contributed by atoms with Crippen LogP contribution in [0, 0.1) is 11.8 Å². The van der Waals surface area contributed by atoms with Gasteiger partial charge in [-0.15, -0.1) is 0 Å². The quantitative estimate of drug-likeness (QED) is 0.484. The minimum absolute atomic E-state index is 0.110. The summed E-state index contributed by atoms with van der Waals surface area (Å²) in [4.78, 5) is 11.7. The summed E-state index contributed by atoms with van der Waals surface area (Å²) in [5, 5.41) is 20.3. The smallest absolute Gasteiger partial charge is 0.306 e. The van der Waals surface area contributed by atoms with E-state index in [1.54, 1.807) is 12.2 Å². The van der Waals surface area contributed by atoms with Gasteiger partial charge in [-0.3, -0.25) is 4.79 Å². The third-order valence-corrected chi connectivity index (χ3v) is 4.89. The van der Waals surface area contributed by atoms with Crippen molar-refractivity contribution in [3.63, 3.8) is 0 Å². The Labute approximate surface area is 156 Å². The van der Waals surface area contributed by atoms with Gasteiger partial charge in [0.25, 0.3) is 0 Å². The van der Waals surface area contributed by atoms with Crippen molar-refractivity contribution < 1.29 is 19.7 Å². The first-order valence-corrected chi connectivity index (χ1v) is 9.80. The summed E-state index contributed by atoms with van der Waals surface area (Å²) in [5.41, 5.74) is 0. The molecule has 0 saturated heterocycles. The summed E-state index contributed by atoms with van der Waals surface area (Å²) in [6.07, 6.45) is 19.6. The van der Waals surface area contributed by atoms with Crippen LogP contribution < -0.4 is 0 Å². The monoisotopic (exact) mass is 360 g/mol. The number of carbonyl (C=O) groups excluding carboxylic acids is 1. The number of cyclic esters (lactones) is 1. The lowest BCUT2D eigenvalue weighted by atomic mass is 10.0. The van der Waals surface area contributed by atoms with Crippen LogP contribution in [0.15, 0.2) is 48.6 Å². The Bertz CT molecular complexity index is 546. The Balaban J connectivity index is 1.72. The number of rotatable bonds is 9. The molecule has 0 amide bonds. The Morgan fingerprint density at radius 2 is 2.00 bits per heavy atom. The van der Waals surface area contributed by atoms with E-state index in [0.717, 1.165) is 32.1 Å². The molecule has 1 aliphatic carbocycles. The lowest BCUT2D eigenvalue weighted by Crippen LogP contribution is -2.23. The second kappa shape index (κ2) is 11.1. The third kappa shape index (κ3) is 7.30. The highest BCUT2D eigenvalue weighted by molar-refractivity contribution is 5.70. The van der Waals surface area contributed by atoms with E-state index in [-0.39, 0.29) is 23.9 Å². The zero-order valence-corrected chi connectivity index (χ0v) is 15.7. The number of carbonyl (C=O) groups is 1. The molecule has 0 aromatic carbocycles. The highest BCUT2D eigenvalue weighted by Crippen LogP contribution is 2.46. The average molecular weight is 360 g/mol. The molecule has 2 aliphatic rings. The van der Waals surface area contributed by atoms with Crippen LogP contribution in [0.4, 0.5) is 0 Å². The largest absolute Gasteiger partial charge is 0.462 e. The van der Waals surface area contributed by atoms with E-state index >= 15 is 0 Å². The van der Waals surface area contributed by atoms with Crippen LogP contribution in [0.2, 0.25) is 0 Å². The predicted molar refractivity (Wildman–Crippen MR) is 103 cm³/mol. The molecule has 0 aromatic rings. The van der Waals surface area contributed by atoms with Gasteiger partial charge >= 0.3 is 5.97 Å². The summed E-state index contributed by atoms with van der Waals surface area (Å²) in [6.45, 7) is 2.10. The summed E-state index contributed by atoms with van der Waals surface area (Å²) < 4.78 is 5.53. The highest BCUT2D eigenvalue weighted by atomic mass is 16.5. The van der Waals surface area contributed by atoms with Gasteiger partial charge in [0.2, 0.25) is 0 Å². The summed E-state index contributed by atoms with van der Waals surface area (Å²) in [6, 6.07) is 0. The summed E-state index contributed by atoms with van der Waals surface area (Å²) >= 11 is 0. The van der Waals surface area contributed by atoms with Crippen LogP contribution in [0.5, 0.6) is 0 Å². The molecule has 4 heteroatoms. The van der Waals surface area contributed by atoms with Crippen molar-refractivity contribution in [3.05, 3.63) is 48.6 Å². The zero-order chi connectivity index (χ0) is 18.8. The molecule has 1 heterocycles. The van der Waals surface area contributed by atoms with Crippen molar-refractivity contribution in [1.29, 1.82) is 0 Å². The first-order valence-electron chi connectivity index (χ1n) is 9.80. The first kappa shape index (κ1) is 20.7. The van der Waals surface area contributed by atoms with Gasteiger partial charge < -0.3 is 14.9 Å². The SMILES string of the molecule is CC/C=C\C/C=C\C[C@H](O)/C=C/[C@H](O)[C@@H]1C[C@H]1[C@H]1CC=CCCC(=O)O1. The second-order valence-electron chi connectivity index (χ2n) is 7.10. The van der Waals surface area contributed by atoms with Gasteiger partial charge in [-0.05, 0) is 38.0 Å². The maximum absolute atomic E-state index is 11.7. The van der Waals surface area contributed by atoms with Crippen LogP contribution >= 0.6 is 0 Å². The number of hydrogen-bond acceptors (Lipinski definition) is 4. The van der Waals surface area contributed by atoms with Gasteiger partial charge in [-0.25, -0.2) is 0 Å². The Morgan fingerprint density at radius 3 is 2.81 bits per heavy atom. The van der Waals surface area contributed by atoms with E-state index in [1.807, 2.05) is 18.2 Å². The van der Waals surface area contributed by atoms with Gasteiger partial charge in [0.05, 0.1) is 12.2 Å². The van der Waals surface area contributed by atoms with Crippen LogP contribution in [0.1, 0.15) is 51.9 Å². The number of hydrogen-bond donors (Lipinski definition) is 2. The van der Waals surface area contributed by atoms with E-state index in [1.165, 1.54) is 0 Å². The van der Waals surface area contributed by atoms with Gasteiger partial charge in [0.1, 0.15) is 6.10 Å². The van der Waals surface area contributed by atoms with E-state index in [0.29, 0.717) is 12.8 Å². The molecule has 26 heavy (non-hydrogen) atoms. The normalized spacial score (nSPS) is 29.0. The second-order valence-corrected chi connectivity index (χ2v) is 7.10.